The molecular formula is C19H24N2O3. The zero-order chi connectivity index (χ0) is 17.2. The van der Waals surface area contributed by atoms with Gasteiger partial charge in [-0.1, -0.05) is 31.5 Å². The molecule has 0 unspecified atom stereocenters. The topological polar surface area (TPSA) is 82.2 Å². The summed E-state index contributed by atoms with van der Waals surface area (Å²) >= 11 is 0. The summed E-state index contributed by atoms with van der Waals surface area (Å²) < 4.78 is 0. The number of nitrogens with one attached hydrogen (secondary N) is 2. The molecule has 128 valence electrons. The summed E-state index contributed by atoms with van der Waals surface area (Å²) in [5.41, 5.74) is 2.81. The van der Waals surface area contributed by atoms with Crippen LogP contribution in [0.4, 0.5) is 0 Å². The van der Waals surface area contributed by atoms with Crippen molar-refractivity contribution < 1.29 is 14.7 Å². The molecule has 0 saturated heterocycles. The summed E-state index contributed by atoms with van der Waals surface area (Å²) in [5.74, 6) is -1.00. The Hall–Kier alpha value is -2.30. The lowest BCUT2D eigenvalue weighted by Gasteiger charge is -2.36. The first-order valence-corrected chi connectivity index (χ1v) is 8.64. The van der Waals surface area contributed by atoms with Gasteiger partial charge in [-0.3, -0.25) is 9.59 Å². The van der Waals surface area contributed by atoms with Crippen LogP contribution in [0.3, 0.4) is 0 Å². The van der Waals surface area contributed by atoms with Gasteiger partial charge in [0.05, 0.1) is 5.41 Å². The summed E-state index contributed by atoms with van der Waals surface area (Å²) in [5, 5.41) is 13.4. The predicted octanol–water partition coefficient (Wildman–Crippen LogP) is 3.03. The number of fused-ring (bicyclic) bond motifs is 1. The van der Waals surface area contributed by atoms with Crippen molar-refractivity contribution in [1.82, 2.24) is 10.3 Å². The van der Waals surface area contributed by atoms with Gasteiger partial charge in [-0.05, 0) is 36.8 Å². The number of para-hydroxylation sites is 1. The molecule has 1 saturated carbocycles. The first-order chi connectivity index (χ1) is 11.6. The van der Waals surface area contributed by atoms with E-state index in [9.17, 15) is 14.7 Å². The van der Waals surface area contributed by atoms with Gasteiger partial charge in [-0.25, -0.2) is 0 Å². The number of aliphatic carboxylic acids is 1. The molecular weight excluding hydrogens is 304 g/mol. The SMILES string of the molecule is CCc1cccc2c(CCNC(=O)CC3(C(=O)O)CCC3)c[nH]c12. The van der Waals surface area contributed by atoms with Crippen LogP contribution in [-0.2, 0) is 22.4 Å². The molecule has 2 aromatic rings. The van der Waals surface area contributed by atoms with Gasteiger partial charge in [-0.2, -0.15) is 0 Å². The average Bonchev–Trinajstić information content (AvgIpc) is 2.94. The lowest BCUT2D eigenvalue weighted by atomic mass is 9.66. The van der Waals surface area contributed by atoms with E-state index in [2.05, 4.69) is 35.4 Å². The number of benzene rings is 1. The maximum Gasteiger partial charge on any atom is 0.310 e. The van der Waals surface area contributed by atoms with Gasteiger partial charge in [0.15, 0.2) is 0 Å². The molecule has 3 N–H and O–H groups in total. The van der Waals surface area contributed by atoms with Gasteiger partial charge < -0.3 is 15.4 Å². The summed E-state index contributed by atoms with van der Waals surface area (Å²) in [6, 6.07) is 6.27. The molecule has 0 bridgehead atoms. The Morgan fingerprint density at radius 3 is 2.71 bits per heavy atom. The molecule has 1 aromatic carbocycles. The van der Waals surface area contributed by atoms with E-state index in [1.165, 1.54) is 22.0 Å². The van der Waals surface area contributed by atoms with Crippen LogP contribution < -0.4 is 5.32 Å². The third-order valence-electron chi connectivity index (χ3n) is 5.25. The predicted molar refractivity (Wildman–Crippen MR) is 92.9 cm³/mol. The number of aromatic amines is 1. The van der Waals surface area contributed by atoms with Crippen LogP contribution >= 0.6 is 0 Å². The fourth-order valence-corrected chi connectivity index (χ4v) is 3.55. The minimum absolute atomic E-state index is 0.0935. The molecule has 5 heteroatoms. The standard InChI is InChI=1S/C19H24N2O3/c1-2-13-5-3-6-15-14(12-21-17(13)15)7-10-20-16(22)11-19(18(23)24)8-4-9-19/h3,5-6,12,21H,2,4,7-11H2,1H3,(H,20,22)(H,23,24). The third kappa shape index (κ3) is 3.03. The van der Waals surface area contributed by atoms with Crippen LogP contribution in [0, 0.1) is 5.41 Å². The van der Waals surface area contributed by atoms with Gasteiger partial charge in [0.1, 0.15) is 0 Å². The number of amides is 1. The number of aryl methyl sites for hydroxylation is 1. The fourth-order valence-electron chi connectivity index (χ4n) is 3.55. The van der Waals surface area contributed by atoms with E-state index in [0.29, 0.717) is 19.4 Å². The Labute approximate surface area is 141 Å². The molecule has 5 nitrogen and oxygen atoms in total. The van der Waals surface area contributed by atoms with E-state index < -0.39 is 11.4 Å². The van der Waals surface area contributed by atoms with Crippen molar-refractivity contribution in [3.05, 3.63) is 35.5 Å². The van der Waals surface area contributed by atoms with Gasteiger partial charge in [0.2, 0.25) is 5.91 Å². The molecule has 1 aliphatic carbocycles. The van der Waals surface area contributed by atoms with Crippen molar-refractivity contribution in [2.75, 3.05) is 6.54 Å². The molecule has 0 aliphatic heterocycles. The Balaban J connectivity index is 1.57. The Kier molecular flexibility index (Phi) is 4.60. The van der Waals surface area contributed by atoms with E-state index in [1.54, 1.807) is 0 Å². The molecule has 0 spiro atoms. The van der Waals surface area contributed by atoms with Crippen LogP contribution in [-0.4, -0.2) is 28.5 Å². The van der Waals surface area contributed by atoms with Crippen LogP contribution in [0.25, 0.3) is 10.9 Å². The number of hydrogen-bond donors (Lipinski definition) is 3. The van der Waals surface area contributed by atoms with E-state index in [-0.39, 0.29) is 12.3 Å². The second-order valence-electron chi connectivity index (χ2n) is 6.72. The molecule has 1 fully saturated rings. The highest BCUT2D eigenvalue weighted by molar-refractivity contribution is 5.87. The largest absolute Gasteiger partial charge is 0.481 e. The van der Waals surface area contributed by atoms with E-state index in [1.807, 2.05) is 6.20 Å². The Bertz CT molecular complexity index is 759. The molecule has 0 radical (unpaired) electrons. The number of carbonyl (C=O) groups excluding carboxylic acids is 1. The molecule has 1 aromatic heterocycles. The van der Waals surface area contributed by atoms with Gasteiger partial charge >= 0.3 is 5.97 Å². The van der Waals surface area contributed by atoms with Gasteiger partial charge in [-0.15, -0.1) is 0 Å². The highest BCUT2D eigenvalue weighted by Gasteiger charge is 2.45. The number of carboxylic acid groups (broad SMARTS) is 1. The highest BCUT2D eigenvalue weighted by Crippen LogP contribution is 2.44. The van der Waals surface area contributed by atoms with Crippen molar-refractivity contribution >= 4 is 22.8 Å². The molecule has 0 atom stereocenters. The van der Waals surface area contributed by atoms with Crippen LogP contribution in [0.1, 0.15) is 43.7 Å². The first kappa shape index (κ1) is 16.6. The van der Waals surface area contributed by atoms with E-state index >= 15 is 0 Å². The summed E-state index contributed by atoms with van der Waals surface area (Å²) in [6.45, 7) is 2.66. The van der Waals surface area contributed by atoms with Crippen LogP contribution in [0.15, 0.2) is 24.4 Å². The molecule has 3 rings (SSSR count). The number of hydrogen-bond acceptors (Lipinski definition) is 2. The van der Waals surface area contributed by atoms with Gasteiger partial charge in [0.25, 0.3) is 0 Å². The first-order valence-electron chi connectivity index (χ1n) is 8.64. The van der Waals surface area contributed by atoms with Crippen molar-refractivity contribution in [3.8, 4) is 0 Å². The van der Waals surface area contributed by atoms with E-state index in [4.69, 9.17) is 0 Å². The maximum absolute atomic E-state index is 12.1. The van der Waals surface area contributed by atoms with Crippen molar-refractivity contribution in [1.29, 1.82) is 0 Å². The smallest absolute Gasteiger partial charge is 0.310 e. The van der Waals surface area contributed by atoms with Crippen molar-refractivity contribution in [2.24, 2.45) is 5.41 Å². The normalized spacial score (nSPS) is 15.9. The van der Waals surface area contributed by atoms with Gasteiger partial charge in [0, 0.05) is 30.1 Å². The maximum atomic E-state index is 12.1. The summed E-state index contributed by atoms with van der Waals surface area (Å²) in [4.78, 5) is 26.7. The zero-order valence-electron chi connectivity index (χ0n) is 14.0. The number of aromatic nitrogens is 1. The molecule has 1 aliphatic rings. The van der Waals surface area contributed by atoms with Crippen molar-refractivity contribution in [3.63, 3.8) is 0 Å². The number of H-pyrrole nitrogens is 1. The Morgan fingerprint density at radius 1 is 1.29 bits per heavy atom. The molecule has 24 heavy (non-hydrogen) atoms. The Morgan fingerprint density at radius 2 is 2.08 bits per heavy atom. The second kappa shape index (κ2) is 6.67. The molecule has 1 amide bonds. The second-order valence-corrected chi connectivity index (χ2v) is 6.72. The average molecular weight is 328 g/mol. The minimum Gasteiger partial charge on any atom is -0.481 e. The number of carbonyl (C=O) groups is 2. The lowest BCUT2D eigenvalue weighted by Crippen LogP contribution is -2.42. The van der Waals surface area contributed by atoms with E-state index in [0.717, 1.165) is 19.3 Å². The quantitative estimate of drug-likeness (QED) is 0.730. The number of rotatable bonds is 7. The molecule has 1 heterocycles. The lowest BCUT2D eigenvalue weighted by molar-refractivity contribution is -0.157. The fraction of sp³-hybridized carbons (Fsp3) is 0.474. The minimum atomic E-state index is -0.840. The zero-order valence-corrected chi connectivity index (χ0v) is 14.0. The summed E-state index contributed by atoms with van der Waals surface area (Å²) in [7, 11) is 0. The van der Waals surface area contributed by atoms with Crippen LogP contribution in [0.2, 0.25) is 0 Å². The third-order valence-corrected chi connectivity index (χ3v) is 5.25. The monoisotopic (exact) mass is 328 g/mol. The number of carboxylic acids is 1. The van der Waals surface area contributed by atoms with Crippen molar-refractivity contribution in [2.45, 2.75) is 45.4 Å². The highest BCUT2D eigenvalue weighted by atomic mass is 16.4. The van der Waals surface area contributed by atoms with Crippen LogP contribution in [0.5, 0.6) is 0 Å². The summed E-state index contributed by atoms with van der Waals surface area (Å²) in [6.07, 6.45) is 5.92.